The fourth-order valence-corrected chi connectivity index (χ4v) is 2.79. The number of aromatic nitrogens is 3. The Balaban J connectivity index is 2.78. The molecule has 5 heteroatoms. The maximum atomic E-state index is 6.23. The minimum atomic E-state index is 0.678. The van der Waals surface area contributed by atoms with Crippen LogP contribution in [0.1, 0.15) is 31.8 Å². The number of rotatable bonds is 3. The van der Waals surface area contributed by atoms with Crippen LogP contribution in [-0.2, 0) is 19.9 Å². The van der Waals surface area contributed by atoms with Crippen molar-refractivity contribution in [2.24, 2.45) is 7.05 Å². The van der Waals surface area contributed by atoms with Crippen molar-refractivity contribution >= 4 is 38.6 Å². The lowest BCUT2D eigenvalue weighted by molar-refractivity contribution is 0.815. The van der Waals surface area contributed by atoms with E-state index in [4.69, 9.17) is 11.6 Å². The fourth-order valence-electron chi connectivity index (χ4n) is 1.95. The number of hydrogen-bond donors (Lipinski definition) is 0. The van der Waals surface area contributed by atoms with Crippen LogP contribution in [0.25, 0.3) is 11.0 Å². The molecule has 0 atom stereocenters. The van der Waals surface area contributed by atoms with Gasteiger partial charge in [-0.2, -0.15) is 0 Å². The normalized spacial score (nSPS) is 11.4. The van der Waals surface area contributed by atoms with Gasteiger partial charge in [-0.3, -0.25) is 0 Å². The van der Waals surface area contributed by atoms with Crippen LogP contribution in [0.3, 0.4) is 0 Å². The summed E-state index contributed by atoms with van der Waals surface area (Å²) in [5, 5.41) is 1.72. The van der Waals surface area contributed by atoms with Crippen molar-refractivity contribution in [2.45, 2.75) is 33.1 Å². The zero-order valence-corrected chi connectivity index (χ0v) is 12.6. The average Bonchev–Trinajstić information content (AvgIpc) is 2.54. The molecule has 0 radical (unpaired) electrons. The minimum Gasteiger partial charge on any atom is -0.318 e. The molecule has 0 aliphatic rings. The minimum absolute atomic E-state index is 0.678. The lowest BCUT2D eigenvalue weighted by Crippen LogP contribution is -2.01. The van der Waals surface area contributed by atoms with Crippen LogP contribution < -0.4 is 0 Å². The summed E-state index contributed by atoms with van der Waals surface area (Å²) in [5.41, 5.74) is 1.98. The van der Waals surface area contributed by atoms with Crippen LogP contribution in [0.15, 0.2) is 4.47 Å². The highest BCUT2D eigenvalue weighted by molar-refractivity contribution is 9.10. The van der Waals surface area contributed by atoms with Crippen LogP contribution in [0.2, 0.25) is 5.15 Å². The molecular formula is C12H15BrClN3. The molecule has 0 unspecified atom stereocenters. The Bertz CT molecular complexity index is 563. The van der Waals surface area contributed by atoms with Crippen molar-refractivity contribution in [3.63, 3.8) is 0 Å². The molecule has 0 saturated carbocycles. The molecule has 0 bridgehead atoms. The van der Waals surface area contributed by atoms with Gasteiger partial charge in [-0.1, -0.05) is 25.4 Å². The van der Waals surface area contributed by atoms with Gasteiger partial charge in [-0.15, -0.1) is 0 Å². The van der Waals surface area contributed by atoms with E-state index in [1.165, 1.54) is 0 Å². The van der Waals surface area contributed by atoms with Gasteiger partial charge in [-0.05, 0) is 28.8 Å². The molecule has 0 spiro atoms. The van der Waals surface area contributed by atoms with E-state index in [1.807, 2.05) is 11.6 Å². The van der Waals surface area contributed by atoms with Crippen LogP contribution in [0.4, 0.5) is 0 Å². The van der Waals surface area contributed by atoms with Crippen molar-refractivity contribution in [1.82, 2.24) is 14.5 Å². The zero-order chi connectivity index (χ0) is 12.6. The van der Waals surface area contributed by atoms with Gasteiger partial charge in [0.15, 0.2) is 0 Å². The third-order valence-electron chi connectivity index (χ3n) is 2.83. The summed E-state index contributed by atoms with van der Waals surface area (Å²) in [4.78, 5) is 9.20. The Morgan fingerprint density at radius 3 is 2.59 bits per heavy atom. The highest BCUT2D eigenvalue weighted by Crippen LogP contribution is 2.34. The molecule has 0 aliphatic heterocycles. The van der Waals surface area contributed by atoms with E-state index in [1.54, 1.807) is 0 Å². The molecule has 17 heavy (non-hydrogen) atoms. The molecule has 3 nitrogen and oxygen atoms in total. The SMILES string of the molecule is CCCc1nc(CC)c2c(Br)c(Cl)n(C)c2n1. The molecule has 2 rings (SSSR count). The number of fused-ring (bicyclic) bond motifs is 1. The highest BCUT2D eigenvalue weighted by Gasteiger charge is 2.17. The molecule has 0 amide bonds. The topological polar surface area (TPSA) is 30.7 Å². The fraction of sp³-hybridized carbons (Fsp3) is 0.500. The molecule has 2 aromatic rings. The van der Waals surface area contributed by atoms with Crippen molar-refractivity contribution in [1.29, 1.82) is 0 Å². The Labute approximate surface area is 114 Å². The zero-order valence-electron chi connectivity index (χ0n) is 10.2. The summed E-state index contributed by atoms with van der Waals surface area (Å²) < 4.78 is 2.80. The van der Waals surface area contributed by atoms with Gasteiger partial charge in [0.2, 0.25) is 0 Å². The summed E-state index contributed by atoms with van der Waals surface area (Å²) in [7, 11) is 1.93. The highest BCUT2D eigenvalue weighted by atomic mass is 79.9. The largest absolute Gasteiger partial charge is 0.318 e. The van der Waals surface area contributed by atoms with Crippen LogP contribution in [0.5, 0.6) is 0 Å². The Hall–Kier alpha value is -0.610. The van der Waals surface area contributed by atoms with Crippen LogP contribution >= 0.6 is 27.5 Å². The second kappa shape index (κ2) is 4.94. The summed E-state index contributed by atoms with van der Waals surface area (Å²) >= 11 is 9.75. The maximum absolute atomic E-state index is 6.23. The standard InChI is InChI=1S/C12H15BrClN3/c1-4-6-8-15-7(5-2)9-10(13)11(14)17(3)12(9)16-8/h4-6H2,1-3H3. The van der Waals surface area contributed by atoms with Crippen molar-refractivity contribution in [2.75, 3.05) is 0 Å². The Morgan fingerprint density at radius 2 is 2.00 bits per heavy atom. The first-order valence-corrected chi connectivity index (χ1v) is 6.96. The summed E-state index contributed by atoms with van der Waals surface area (Å²) in [5.74, 6) is 0.904. The molecular weight excluding hydrogens is 302 g/mol. The smallest absolute Gasteiger partial charge is 0.146 e. The molecule has 0 saturated heterocycles. The molecule has 0 N–H and O–H groups in total. The summed E-state index contributed by atoms with van der Waals surface area (Å²) in [6.07, 6.45) is 2.84. The third kappa shape index (κ3) is 2.08. The lowest BCUT2D eigenvalue weighted by Gasteiger charge is -2.04. The van der Waals surface area contributed by atoms with Gasteiger partial charge in [0, 0.05) is 13.5 Å². The molecule has 92 valence electrons. The quantitative estimate of drug-likeness (QED) is 0.860. The van der Waals surface area contributed by atoms with Gasteiger partial charge in [-0.25, -0.2) is 9.97 Å². The van der Waals surface area contributed by atoms with E-state index in [9.17, 15) is 0 Å². The van der Waals surface area contributed by atoms with Gasteiger partial charge < -0.3 is 4.57 Å². The second-order valence-electron chi connectivity index (χ2n) is 4.05. The lowest BCUT2D eigenvalue weighted by atomic mass is 10.2. The van der Waals surface area contributed by atoms with Gasteiger partial charge in [0.05, 0.1) is 15.6 Å². The number of nitrogens with zero attached hydrogens (tertiary/aromatic N) is 3. The van der Waals surface area contributed by atoms with Crippen molar-refractivity contribution in [3.05, 3.63) is 21.1 Å². The van der Waals surface area contributed by atoms with Crippen molar-refractivity contribution in [3.8, 4) is 0 Å². The van der Waals surface area contributed by atoms with Gasteiger partial charge >= 0.3 is 0 Å². The summed E-state index contributed by atoms with van der Waals surface area (Å²) in [6, 6.07) is 0. The van der Waals surface area contributed by atoms with E-state index in [-0.39, 0.29) is 0 Å². The molecule has 2 aromatic heterocycles. The Morgan fingerprint density at radius 1 is 1.29 bits per heavy atom. The van der Waals surface area contributed by atoms with E-state index >= 15 is 0 Å². The molecule has 0 aromatic carbocycles. The van der Waals surface area contributed by atoms with E-state index in [0.29, 0.717) is 5.15 Å². The average molecular weight is 317 g/mol. The van der Waals surface area contributed by atoms with Crippen LogP contribution in [-0.4, -0.2) is 14.5 Å². The van der Waals surface area contributed by atoms with Crippen molar-refractivity contribution < 1.29 is 0 Å². The van der Waals surface area contributed by atoms with E-state index < -0.39 is 0 Å². The predicted octanol–water partition coefficient (Wildman–Crippen LogP) is 3.90. The Kier molecular flexibility index (Phi) is 3.73. The van der Waals surface area contributed by atoms with Gasteiger partial charge in [0.1, 0.15) is 16.6 Å². The number of aryl methyl sites for hydroxylation is 3. The molecule has 2 heterocycles. The predicted molar refractivity (Wildman–Crippen MR) is 74.6 cm³/mol. The molecule has 0 aliphatic carbocycles. The monoisotopic (exact) mass is 315 g/mol. The summed E-state index contributed by atoms with van der Waals surface area (Å²) in [6.45, 7) is 4.23. The van der Waals surface area contributed by atoms with Gasteiger partial charge in [0.25, 0.3) is 0 Å². The first kappa shape index (κ1) is 12.8. The number of halogens is 2. The first-order valence-electron chi connectivity index (χ1n) is 5.79. The third-order valence-corrected chi connectivity index (χ3v) is 4.28. The van der Waals surface area contributed by atoms with Crippen LogP contribution in [0, 0.1) is 0 Å². The number of hydrogen-bond acceptors (Lipinski definition) is 2. The first-order chi connectivity index (χ1) is 8.10. The second-order valence-corrected chi connectivity index (χ2v) is 5.20. The molecule has 0 fully saturated rings. The van der Waals surface area contributed by atoms with E-state index in [2.05, 4.69) is 39.7 Å². The maximum Gasteiger partial charge on any atom is 0.146 e. The van der Waals surface area contributed by atoms with E-state index in [0.717, 1.165) is 46.3 Å².